The molecule has 2 aromatic rings. The van der Waals surface area contributed by atoms with Crippen molar-refractivity contribution in [2.45, 2.75) is 18.7 Å². The molecule has 3 nitrogen and oxygen atoms in total. The normalized spacial score (nSPS) is 13.1. The van der Waals surface area contributed by atoms with Crippen molar-refractivity contribution in [3.05, 3.63) is 70.5 Å². The van der Waals surface area contributed by atoms with E-state index in [4.69, 9.17) is 11.6 Å². The van der Waals surface area contributed by atoms with Gasteiger partial charge >= 0.3 is 0 Å². The van der Waals surface area contributed by atoms with E-state index in [9.17, 15) is 12.8 Å². The predicted molar refractivity (Wildman–Crippen MR) is 82.0 cm³/mol. The summed E-state index contributed by atoms with van der Waals surface area (Å²) in [5.41, 5.74) is 0.892. The molecule has 2 rings (SSSR count). The number of benzene rings is 2. The molecule has 0 saturated carbocycles. The molecule has 0 saturated heterocycles. The molecule has 21 heavy (non-hydrogen) atoms. The second-order valence-corrected chi connectivity index (χ2v) is 6.94. The van der Waals surface area contributed by atoms with Crippen molar-refractivity contribution < 1.29 is 12.8 Å². The SMILES string of the molecule is C[C@H](NS(=O)(=O)Cc1ccccc1F)c1cccc(Cl)c1. The summed E-state index contributed by atoms with van der Waals surface area (Å²) < 4.78 is 40.3. The minimum absolute atomic E-state index is 0.142. The smallest absolute Gasteiger partial charge is 0.212 e. The van der Waals surface area contributed by atoms with Crippen molar-refractivity contribution >= 4 is 21.6 Å². The van der Waals surface area contributed by atoms with Gasteiger partial charge in [-0.1, -0.05) is 41.9 Å². The predicted octanol–water partition coefficient (Wildman–Crippen LogP) is 3.66. The Balaban J connectivity index is 2.12. The van der Waals surface area contributed by atoms with Crippen LogP contribution in [0, 0.1) is 5.82 Å². The summed E-state index contributed by atoms with van der Waals surface area (Å²) in [6.07, 6.45) is 0. The Morgan fingerprint density at radius 2 is 1.90 bits per heavy atom. The molecule has 2 aromatic carbocycles. The molecule has 0 aliphatic carbocycles. The van der Waals surface area contributed by atoms with Crippen molar-refractivity contribution in [3.8, 4) is 0 Å². The van der Waals surface area contributed by atoms with Crippen LogP contribution in [0.1, 0.15) is 24.1 Å². The molecule has 0 amide bonds. The highest BCUT2D eigenvalue weighted by atomic mass is 35.5. The Hall–Kier alpha value is -1.43. The van der Waals surface area contributed by atoms with Crippen molar-refractivity contribution in [2.75, 3.05) is 0 Å². The van der Waals surface area contributed by atoms with Crippen LogP contribution in [0.4, 0.5) is 4.39 Å². The Bertz CT molecular complexity index is 734. The summed E-state index contributed by atoms with van der Waals surface area (Å²) in [6.45, 7) is 1.71. The van der Waals surface area contributed by atoms with Gasteiger partial charge in [0, 0.05) is 16.6 Å². The maximum Gasteiger partial charge on any atom is 0.216 e. The van der Waals surface area contributed by atoms with Crippen LogP contribution < -0.4 is 4.72 Å². The van der Waals surface area contributed by atoms with Gasteiger partial charge in [0.2, 0.25) is 10.0 Å². The molecule has 0 fully saturated rings. The van der Waals surface area contributed by atoms with Gasteiger partial charge in [0.15, 0.2) is 0 Å². The summed E-state index contributed by atoms with van der Waals surface area (Å²) >= 11 is 5.88. The number of hydrogen-bond donors (Lipinski definition) is 1. The summed E-state index contributed by atoms with van der Waals surface area (Å²) in [7, 11) is -3.65. The standard InChI is InChI=1S/C15H15ClFNO2S/c1-11(12-6-4-7-14(16)9-12)18-21(19,20)10-13-5-2-3-8-15(13)17/h2-9,11,18H,10H2,1H3/t11-/m0/s1. The number of sulfonamides is 1. The summed E-state index contributed by atoms with van der Waals surface area (Å²) in [5, 5.41) is 0.535. The van der Waals surface area contributed by atoms with E-state index in [0.717, 1.165) is 5.56 Å². The average molecular weight is 328 g/mol. The lowest BCUT2D eigenvalue weighted by Gasteiger charge is -2.15. The molecular weight excluding hydrogens is 313 g/mol. The molecule has 0 aromatic heterocycles. The molecule has 112 valence electrons. The van der Waals surface area contributed by atoms with Crippen LogP contribution in [-0.2, 0) is 15.8 Å². The lowest BCUT2D eigenvalue weighted by molar-refractivity contribution is 0.561. The van der Waals surface area contributed by atoms with Crippen molar-refractivity contribution in [1.82, 2.24) is 4.72 Å². The molecule has 1 N–H and O–H groups in total. The highest BCUT2D eigenvalue weighted by molar-refractivity contribution is 7.88. The van der Waals surface area contributed by atoms with Gasteiger partial charge in [-0.3, -0.25) is 0 Å². The molecule has 0 aliphatic rings. The van der Waals surface area contributed by atoms with E-state index in [1.54, 1.807) is 37.3 Å². The van der Waals surface area contributed by atoms with Crippen molar-refractivity contribution in [1.29, 1.82) is 0 Å². The zero-order valence-corrected chi connectivity index (χ0v) is 13.0. The third kappa shape index (κ3) is 4.52. The minimum Gasteiger partial charge on any atom is -0.212 e. The average Bonchev–Trinajstić information content (AvgIpc) is 2.40. The van der Waals surface area contributed by atoms with E-state index < -0.39 is 27.6 Å². The zero-order chi connectivity index (χ0) is 15.5. The van der Waals surface area contributed by atoms with E-state index in [1.807, 2.05) is 0 Å². The maximum absolute atomic E-state index is 13.5. The number of rotatable bonds is 5. The molecule has 0 aliphatic heterocycles. The fraction of sp³-hybridized carbons (Fsp3) is 0.200. The van der Waals surface area contributed by atoms with E-state index in [0.29, 0.717) is 5.02 Å². The molecule has 0 unspecified atom stereocenters. The lowest BCUT2D eigenvalue weighted by atomic mass is 10.1. The van der Waals surface area contributed by atoms with Gasteiger partial charge in [-0.25, -0.2) is 17.5 Å². The molecule has 0 heterocycles. The van der Waals surface area contributed by atoms with Gasteiger partial charge in [-0.05, 0) is 30.7 Å². The molecule has 0 radical (unpaired) electrons. The minimum atomic E-state index is -3.65. The highest BCUT2D eigenvalue weighted by Gasteiger charge is 2.18. The first kappa shape index (κ1) is 15.9. The van der Waals surface area contributed by atoms with Crippen molar-refractivity contribution in [3.63, 3.8) is 0 Å². The first-order valence-corrected chi connectivity index (χ1v) is 8.39. The molecule has 1 atom stereocenters. The largest absolute Gasteiger partial charge is 0.216 e. The second kappa shape index (κ2) is 6.56. The van der Waals surface area contributed by atoms with Crippen LogP contribution in [0.15, 0.2) is 48.5 Å². The summed E-state index contributed by atoms with van der Waals surface area (Å²) in [6, 6.07) is 12.3. The zero-order valence-electron chi connectivity index (χ0n) is 11.4. The second-order valence-electron chi connectivity index (χ2n) is 4.75. The van der Waals surface area contributed by atoms with Gasteiger partial charge in [0.05, 0.1) is 5.75 Å². The summed E-state index contributed by atoms with van der Waals surface area (Å²) in [5.74, 6) is -0.928. The van der Waals surface area contributed by atoms with Crippen molar-refractivity contribution in [2.24, 2.45) is 0 Å². The topological polar surface area (TPSA) is 46.2 Å². The Morgan fingerprint density at radius 3 is 2.57 bits per heavy atom. The Labute approximate surface area is 128 Å². The van der Waals surface area contributed by atoms with E-state index in [-0.39, 0.29) is 5.56 Å². The van der Waals surface area contributed by atoms with E-state index >= 15 is 0 Å². The van der Waals surface area contributed by atoms with E-state index in [1.165, 1.54) is 18.2 Å². The van der Waals surface area contributed by atoms with Gasteiger partial charge in [0.1, 0.15) is 5.82 Å². The lowest BCUT2D eigenvalue weighted by Crippen LogP contribution is -2.28. The first-order valence-electron chi connectivity index (χ1n) is 6.36. The molecule has 0 bridgehead atoms. The van der Waals surface area contributed by atoms with Crippen LogP contribution in [0.3, 0.4) is 0 Å². The van der Waals surface area contributed by atoms with Crippen LogP contribution in [0.2, 0.25) is 5.02 Å². The molecule has 6 heteroatoms. The Kier molecular flexibility index (Phi) is 4.98. The van der Waals surface area contributed by atoms with E-state index in [2.05, 4.69) is 4.72 Å². The monoisotopic (exact) mass is 327 g/mol. The summed E-state index contributed by atoms with van der Waals surface area (Å²) in [4.78, 5) is 0. The fourth-order valence-corrected chi connectivity index (χ4v) is 3.58. The van der Waals surface area contributed by atoms with Crippen LogP contribution in [0.25, 0.3) is 0 Å². The Morgan fingerprint density at radius 1 is 1.19 bits per heavy atom. The van der Waals surface area contributed by atoms with Crippen LogP contribution in [0.5, 0.6) is 0 Å². The quantitative estimate of drug-likeness (QED) is 0.911. The first-order chi connectivity index (χ1) is 9.87. The maximum atomic E-state index is 13.5. The third-order valence-corrected chi connectivity index (χ3v) is 4.65. The highest BCUT2D eigenvalue weighted by Crippen LogP contribution is 2.19. The van der Waals surface area contributed by atoms with Gasteiger partial charge in [-0.15, -0.1) is 0 Å². The fourth-order valence-electron chi connectivity index (χ4n) is 1.98. The number of halogens is 2. The number of hydrogen-bond acceptors (Lipinski definition) is 2. The third-order valence-electron chi connectivity index (χ3n) is 3.01. The van der Waals surface area contributed by atoms with Gasteiger partial charge < -0.3 is 0 Å². The van der Waals surface area contributed by atoms with Crippen LogP contribution in [-0.4, -0.2) is 8.42 Å². The molecule has 0 spiro atoms. The number of nitrogens with one attached hydrogen (secondary N) is 1. The van der Waals surface area contributed by atoms with Crippen LogP contribution >= 0.6 is 11.6 Å². The van der Waals surface area contributed by atoms with Gasteiger partial charge in [-0.2, -0.15) is 0 Å². The van der Waals surface area contributed by atoms with Gasteiger partial charge in [0.25, 0.3) is 0 Å². The molecular formula is C15H15ClFNO2S.